The quantitative estimate of drug-likeness (QED) is 0.822. The summed E-state index contributed by atoms with van der Waals surface area (Å²) in [5, 5.41) is 0. The highest BCUT2D eigenvalue weighted by atomic mass is 79.9. The fraction of sp³-hybridized carbons (Fsp3) is 0.583. The van der Waals surface area contributed by atoms with E-state index >= 15 is 0 Å². The SMILES string of the molecule is CCN(Cc1ccc(Br)s1)C(=O)[C@@H](N)CCSC. The number of thiophene rings is 1. The van der Waals surface area contributed by atoms with Crippen molar-refractivity contribution >= 4 is 44.9 Å². The minimum Gasteiger partial charge on any atom is -0.336 e. The highest BCUT2D eigenvalue weighted by Crippen LogP contribution is 2.23. The van der Waals surface area contributed by atoms with Crippen molar-refractivity contribution in [2.45, 2.75) is 25.9 Å². The number of rotatable bonds is 7. The van der Waals surface area contributed by atoms with Gasteiger partial charge in [-0.25, -0.2) is 0 Å². The van der Waals surface area contributed by atoms with Gasteiger partial charge in [0, 0.05) is 11.4 Å². The average molecular weight is 351 g/mol. The van der Waals surface area contributed by atoms with E-state index in [0.717, 1.165) is 16.0 Å². The summed E-state index contributed by atoms with van der Waals surface area (Å²) in [5.41, 5.74) is 5.93. The van der Waals surface area contributed by atoms with Crippen LogP contribution in [0.5, 0.6) is 0 Å². The van der Waals surface area contributed by atoms with Gasteiger partial charge in [-0.3, -0.25) is 4.79 Å². The Balaban J connectivity index is 2.57. The lowest BCUT2D eigenvalue weighted by Crippen LogP contribution is -2.43. The first kappa shape index (κ1) is 16.0. The van der Waals surface area contributed by atoms with E-state index in [-0.39, 0.29) is 11.9 Å². The number of carbonyl (C=O) groups excluding carboxylic acids is 1. The Bertz CT molecular complexity index is 384. The molecular formula is C12H19BrN2OS2. The summed E-state index contributed by atoms with van der Waals surface area (Å²) in [6, 6.07) is 3.67. The van der Waals surface area contributed by atoms with Gasteiger partial charge in [-0.2, -0.15) is 11.8 Å². The van der Waals surface area contributed by atoms with E-state index in [4.69, 9.17) is 5.73 Å². The van der Waals surface area contributed by atoms with E-state index in [9.17, 15) is 4.79 Å². The number of carbonyl (C=O) groups is 1. The molecule has 18 heavy (non-hydrogen) atoms. The van der Waals surface area contributed by atoms with E-state index in [1.54, 1.807) is 23.1 Å². The van der Waals surface area contributed by atoms with Crippen molar-refractivity contribution in [3.8, 4) is 0 Å². The molecule has 0 bridgehead atoms. The van der Waals surface area contributed by atoms with E-state index in [2.05, 4.69) is 15.9 Å². The van der Waals surface area contributed by atoms with Gasteiger partial charge in [-0.15, -0.1) is 11.3 Å². The minimum absolute atomic E-state index is 0.0519. The first-order chi connectivity index (χ1) is 8.58. The lowest BCUT2D eigenvalue weighted by Gasteiger charge is -2.23. The smallest absolute Gasteiger partial charge is 0.239 e. The summed E-state index contributed by atoms with van der Waals surface area (Å²) in [5.74, 6) is 0.978. The van der Waals surface area contributed by atoms with Crippen LogP contribution in [-0.4, -0.2) is 35.4 Å². The van der Waals surface area contributed by atoms with Crippen molar-refractivity contribution in [2.24, 2.45) is 5.73 Å². The number of hydrogen-bond donors (Lipinski definition) is 1. The van der Waals surface area contributed by atoms with Crippen LogP contribution in [0.3, 0.4) is 0 Å². The van der Waals surface area contributed by atoms with Gasteiger partial charge in [0.1, 0.15) is 0 Å². The highest BCUT2D eigenvalue weighted by molar-refractivity contribution is 9.11. The maximum Gasteiger partial charge on any atom is 0.239 e. The molecule has 2 N–H and O–H groups in total. The zero-order valence-corrected chi connectivity index (χ0v) is 13.9. The second-order valence-electron chi connectivity index (χ2n) is 3.95. The van der Waals surface area contributed by atoms with Gasteiger partial charge in [0.05, 0.1) is 16.4 Å². The second kappa shape index (κ2) is 8.19. The summed E-state index contributed by atoms with van der Waals surface area (Å²) in [4.78, 5) is 15.2. The number of hydrogen-bond acceptors (Lipinski definition) is 4. The van der Waals surface area contributed by atoms with Crippen LogP contribution in [0.4, 0.5) is 0 Å². The molecule has 0 spiro atoms. The molecule has 0 aliphatic carbocycles. The molecule has 6 heteroatoms. The molecule has 0 aliphatic rings. The molecule has 0 aromatic carbocycles. The predicted molar refractivity (Wildman–Crippen MR) is 84.1 cm³/mol. The lowest BCUT2D eigenvalue weighted by molar-refractivity contribution is -0.133. The number of thioether (sulfide) groups is 1. The van der Waals surface area contributed by atoms with Gasteiger partial charge in [0.15, 0.2) is 0 Å². The number of halogens is 1. The molecule has 0 aliphatic heterocycles. The maximum atomic E-state index is 12.2. The van der Waals surface area contributed by atoms with Crippen molar-refractivity contribution in [3.05, 3.63) is 20.8 Å². The normalized spacial score (nSPS) is 12.4. The van der Waals surface area contributed by atoms with Gasteiger partial charge >= 0.3 is 0 Å². The van der Waals surface area contributed by atoms with Crippen LogP contribution in [0, 0.1) is 0 Å². The summed E-state index contributed by atoms with van der Waals surface area (Å²) in [7, 11) is 0. The number of amides is 1. The number of likely N-dealkylation sites (N-methyl/N-ethyl adjacent to an activating group) is 1. The van der Waals surface area contributed by atoms with Crippen LogP contribution < -0.4 is 5.73 Å². The van der Waals surface area contributed by atoms with Crippen molar-refractivity contribution in [3.63, 3.8) is 0 Å². The first-order valence-corrected chi connectivity index (χ1v) is 8.86. The van der Waals surface area contributed by atoms with Crippen LogP contribution in [-0.2, 0) is 11.3 Å². The Kier molecular flexibility index (Phi) is 7.29. The monoisotopic (exact) mass is 350 g/mol. The molecule has 102 valence electrons. The predicted octanol–water partition coefficient (Wildman–Crippen LogP) is 2.94. The molecule has 1 rings (SSSR count). The summed E-state index contributed by atoms with van der Waals surface area (Å²) in [6.07, 6.45) is 2.77. The van der Waals surface area contributed by atoms with Crippen LogP contribution >= 0.6 is 39.0 Å². The third kappa shape index (κ3) is 4.91. The molecule has 1 heterocycles. The van der Waals surface area contributed by atoms with Crippen LogP contribution in [0.25, 0.3) is 0 Å². The first-order valence-electron chi connectivity index (χ1n) is 5.86. The van der Waals surface area contributed by atoms with Crippen LogP contribution in [0.2, 0.25) is 0 Å². The minimum atomic E-state index is -0.374. The van der Waals surface area contributed by atoms with Gasteiger partial charge in [-0.1, -0.05) is 0 Å². The molecule has 0 saturated carbocycles. The molecule has 1 aromatic rings. The Morgan fingerprint density at radius 3 is 2.83 bits per heavy atom. The molecule has 0 saturated heterocycles. The van der Waals surface area contributed by atoms with Gasteiger partial charge in [0.25, 0.3) is 0 Å². The topological polar surface area (TPSA) is 46.3 Å². The highest BCUT2D eigenvalue weighted by Gasteiger charge is 2.19. The Hall–Kier alpha value is -0.0400. The number of nitrogens with zero attached hydrogens (tertiary/aromatic N) is 1. The number of nitrogens with two attached hydrogens (primary N) is 1. The lowest BCUT2D eigenvalue weighted by atomic mass is 10.2. The van der Waals surface area contributed by atoms with Crippen molar-refractivity contribution in [1.29, 1.82) is 0 Å². The molecular weight excluding hydrogens is 332 g/mol. The fourth-order valence-corrected chi connectivity index (χ4v) is 3.56. The Labute approximate surface area is 125 Å². The van der Waals surface area contributed by atoms with Crippen molar-refractivity contribution in [2.75, 3.05) is 18.6 Å². The van der Waals surface area contributed by atoms with Gasteiger partial charge in [-0.05, 0) is 53.4 Å². The standard InChI is InChI=1S/C12H19BrN2OS2/c1-3-15(8-9-4-5-11(13)18-9)12(16)10(14)6-7-17-2/h4-5,10H,3,6-8,14H2,1-2H3/t10-/m0/s1. The largest absolute Gasteiger partial charge is 0.336 e. The van der Waals surface area contributed by atoms with E-state index in [1.807, 2.05) is 30.2 Å². The molecule has 3 nitrogen and oxygen atoms in total. The van der Waals surface area contributed by atoms with E-state index in [1.165, 1.54) is 4.88 Å². The van der Waals surface area contributed by atoms with E-state index < -0.39 is 0 Å². The Morgan fingerprint density at radius 1 is 1.61 bits per heavy atom. The third-order valence-corrected chi connectivity index (χ3v) is 4.87. The zero-order chi connectivity index (χ0) is 13.5. The molecule has 0 fully saturated rings. The molecule has 1 amide bonds. The fourth-order valence-electron chi connectivity index (χ4n) is 1.57. The maximum absolute atomic E-state index is 12.2. The summed E-state index contributed by atoms with van der Waals surface area (Å²) >= 11 is 6.81. The van der Waals surface area contributed by atoms with Crippen molar-refractivity contribution in [1.82, 2.24) is 4.90 Å². The zero-order valence-electron chi connectivity index (χ0n) is 10.7. The Morgan fingerprint density at radius 2 is 2.33 bits per heavy atom. The summed E-state index contributed by atoms with van der Waals surface area (Å²) < 4.78 is 1.09. The molecule has 1 aromatic heterocycles. The second-order valence-corrected chi connectivity index (χ2v) is 7.48. The molecule has 0 radical (unpaired) electrons. The molecule has 0 unspecified atom stereocenters. The van der Waals surface area contributed by atoms with Gasteiger partial charge in [0.2, 0.25) is 5.91 Å². The van der Waals surface area contributed by atoms with Gasteiger partial charge < -0.3 is 10.6 Å². The third-order valence-electron chi connectivity index (χ3n) is 2.62. The van der Waals surface area contributed by atoms with E-state index in [0.29, 0.717) is 13.1 Å². The van der Waals surface area contributed by atoms with Crippen molar-refractivity contribution < 1.29 is 4.79 Å². The average Bonchev–Trinajstić information content (AvgIpc) is 2.77. The van der Waals surface area contributed by atoms with Crippen LogP contribution in [0.1, 0.15) is 18.2 Å². The summed E-state index contributed by atoms with van der Waals surface area (Å²) in [6.45, 7) is 3.34. The molecule has 1 atom stereocenters. The van der Waals surface area contributed by atoms with Crippen LogP contribution in [0.15, 0.2) is 15.9 Å².